The molecule has 0 bridgehead atoms. The predicted molar refractivity (Wildman–Crippen MR) is 108 cm³/mol. The third kappa shape index (κ3) is 5.45. The molecule has 154 valence electrons. The summed E-state index contributed by atoms with van der Waals surface area (Å²) < 4.78 is 11.6. The lowest BCUT2D eigenvalue weighted by Gasteiger charge is -2.27. The number of hydrogen-bond acceptors (Lipinski definition) is 5. The Morgan fingerprint density at radius 1 is 1.21 bits per heavy atom. The van der Waals surface area contributed by atoms with E-state index >= 15 is 0 Å². The summed E-state index contributed by atoms with van der Waals surface area (Å²) in [5.74, 6) is 0.521. The molecule has 0 saturated carbocycles. The lowest BCUT2D eigenvalue weighted by molar-refractivity contribution is 0.0355. The molecule has 3 rings (SSSR count). The highest BCUT2D eigenvalue weighted by molar-refractivity contribution is 5.98. The quantitative estimate of drug-likeness (QED) is 0.758. The summed E-state index contributed by atoms with van der Waals surface area (Å²) in [4.78, 5) is 28.9. The Balaban J connectivity index is 1.68. The van der Waals surface area contributed by atoms with Crippen molar-refractivity contribution in [2.75, 3.05) is 51.3 Å². The highest BCUT2D eigenvalue weighted by atomic mass is 16.5. The fourth-order valence-corrected chi connectivity index (χ4v) is 3.77. The van der Waals surface area contributed by atoms with Crippen molar-refractivity contribution in [2.24, 2.45) is 0 Å². The highest BCUT2D eigenvalue weighted by Crippen LogP contribution is 2.27. The number of likely N-dealkylation sites (tertiary alicyclic amines) is 1. The van der Waals surface area contributed by atoms with Gasteiger partial charge in [-0.05, 0) is 64.4 Å². The van der Waals surface area contributed by atoms with Crippen molar-refractivity contribution in [1.82, 2.24) is 9.80 Å². The zero-order chi connectivity index (χ0) is 19.9. The number of nitrogens with zero attached hydrogens (tertiary/aromatic N) is 2. The summed E-state index contributed by atoms with van der Waals surface area (Å²) in [7, 11) is 0. The van der Waals surface area contributed by atoms with E-state index in [0.717, 1.165) is 26.1 Å². The SMILES string of the molecule is CCOc1ccc(C(C)=O)cc1NC(=O)N1CCCOC(CN2CCCC2)C1. The van der Waals surface area contributed by atoms with Crippen molar-refractivity contribution < 1.29 is 19.1 Å². The van der Waals surface area contributed by atoms with Gasteiger partial charge < -0.3 is 24.6 Å². The lowest BCUT2D eigenvalue weighted by atomic mass is 10.1. The van der Waals surface area contributed by atoms with Crippen molar-refractivity contribution in [1.29, 1.82) is 0 Å². The Kier molecular flexibility index (Phi) is 7.28. The molecule has 28 heavy (non-hydrogen) atoms. The second kappa shape index (κ2) is 9.89. The first kappa shape index (κ1) is 20.6. The summed E-state index contributed by atoms with van der Waals surface area (Å²) in [6, 6.07) is 4.95. The van der Waals surface area contributed by atoms with Gasteiger partial charge in [0.05, 0.1) is 18.4 Å². The summed E-state index contributed by atoms with van der Waals surface area (Å²) >= 11 is 0. The van der Waals surface area contributed by atoms with Gasteiger partial charge in [0.2, 0.25) is 0 Å². The summed E-state index contributed by atoms with van der Waals surface area (Å²) in [5, 5.41) is 2.94. The molecule has 2 saturated heterocycles. The van der Waals surface area contributed by atoms with Gasteiger partial charge in [0.1, 0.15) is 5.75 Å². The van der Waals surface area contributed by atoms with Gasteiger partial charge in [0.15, 0.2) is 5.78 Å². The van der Waals surface area contributed by atoms with E-state index in [-0.39, 0.29) is 17.9 Å². The van der Waals surface area contributed by atoms with Gasteiger partial charge in [-0.25, -0.2) is 4.79 Å². The molecule has 1 atom stereocenters. The van der Waals surface area contributed by atoms with Crippen LogP contribution in [-0.4, -0.2) is 73.7 Å². The van der Waals surface area contributed by atoms with Gasteiger partial charge >= 0.3 is 6.03 Å². The molecular weight excluding hydrogens is 358 g/mol. The number of ether oxygens (including phenoxy) is 2. The summed E-state index contributed by atoms with van der Waals surface area (Å²) in [6.07, 6.45) is 3.32. The van der Waals surface area contributed by atoms with Crippen LogP contribution < -0.4 is 10.1 Å². The van der Waals surface area contributed by atoms with Gasteiger partial charge in [-0.2, -0.15) is 0 Å². The van der Waals surface area contributed by atoms with Gasteiger partial charge in [0, 0.05) is 31.8 Å². The van der Waals surface area contributed by atoms with Crippen molar-refractivity contribution in [3.63, 3.8) is 0 Å². The molecule has 1 aromatic rings. The van der Waals surface area contributed by atoms with E-state index < -0.39 is 0 Å². The topological polar surface area (TPSA) is 71.1 Å². The van der Waals surface area contributed by atoms with Crippen LogP contribution in [0.15, 0.2) is 18.2 Å². The number of hydrogen-bond donors (Lipinski definition) is 1. The van der Waals surface area contributed by atoms with Crippen LogP contribution in [-0.2, 0) is 4.74 Å². The largest absolute Gasteiger partial charge is 0.492 e. The number of anilines is 1. The molecule has 2 amide bonds. The first-order valence-corrected chi connectivity index (χ1v) is 10.2. The molecule has 2 aliphatic heterocycles. The maximum atomic E-state index is 12.9. The van der Waals surface area contributed by atoms with Gasteiger partial charge in [0.25, 0.3) is 0 Å². The van der Waals surface area contributed by atoms with E-state index in [1.165, 1.54) is 19.8 Å². The lowest BCUT2D eigenvalue weighted by Crippen LogP contribution is -2.43. The number of carbonyl (C=O) groups is 2. The molecule has 0 aliphatic carbocycles. The number of urea groups is 1. The Bertz CT molecular complexity index is 688. The van der Waals surface area contributed by atoms with E-state index in [1.54, 1.807) is 18.2 Å². The Labute approximate surface area is 167 Å². The van der Waals surface area contributed by atoms with Crippen LogP contribution in [0.5, 0.6) is 5.75 Å². The number of amides is 2. The number of Topliss-reactive ketones (excluding diaryl/α,β-unsaturated/α-hetero) is 1. The monoisotopic (exact) mass is 389 g/mol. The van der Waals surface area contributed by atoms with Crippen LogP contribution in [0.4, 0.5) is 10.5 Å². The van der Waals surface area contributed by atoms with Crippen LogP contribution in [0, 0.1) is 0 Å². The minimum absolute atomic E-state index is 0.0290. The zero-order valence-corrected chi connectivity index (χ0v) is 16.9. The molecule has 2 fully saturated rings. The maximum absolute atomic E-state index is 12.9. The van der Waals surface area contributed by atoms with Crippen LogP contribution in [0.2, 0.25) is 0 Å². The standard InChI is InChI=1S/C21H31N3O4/c1-3-27-20-8-7-17(16(2)25)13-19(20)22-21(26)24-11-6-12-28-18(15-24)14-23-9-4-5-10-23/h7-8,13,18H,3-6,9-12,14-15H2,1-2H3,(H,22,26). The second-order valence-electron chi connectivity index (χ2n) is 7.43. The second-order valence-corrected chi connectivity index (χ2v) is 7.43. The first-order valence-electron chi connectivity index (χ1n) is 10.2. The van der Waals surface area contributed by atoms with Crippen molar-refractivity contribution in [3.8, 4) is 5.75 Å². The number of carbonyl (C=O) groups excluding carboxylic acids is 2. The van der Waals surface area contributed by atoms with E-state index in [1.807, 2.05) is 11.8 Å². The molecule has 2 aliphatic rings. The third-order valence-electron chi connectivity index (χ3n) is 5.23. The number of nitrogens with one attached hydrogen (secondary N) is 1. The smallest absolute Gasteiger partial charge is 0.322 e. The predicted octanol–water partition coefficient (Wildman–Crippen LogP) is 3.01. The number of benzene rings is 1. The van der Waals surface area contributed by atoms with Crippen molar-refractivity contribution >= 4 is 17.5 Å². The van der Waals surface area contributed by atoms with Crippen molar-refractivity contribution in [3.05, 3.63) is 23.8 Å². The summed E-state index contributed by atoms with van der Waals surface area (Å²) in [5.41, 5.74) is 1.07. The first-order chi connectivity index (χ1) is 13.6. The van der Waals surface area contributed by atoms with E-state index in [0.29, 0.717) is 43.3 Å². The maximum Gasteiger partial charge on any atom is 0.322 e. The molecule has 1 aromatic carbocycles. The van der Waals surface area contributed by atoms with E-state index in [9.17, 15) is 9.59 Å². The molecule has 2 heterocycles. The number of rotatable bonds is 6. The fourth-order valence-electron chi connectivity index (χ4n) is 3.77. The highest BCUT2D eigenvalue weighted by Gasteiger charge is 2.26. The molecule has 0 spiro atoms. The molecular formula is C21H31N3O4. The normalized spacial score (nSPS) is 20.6. The van der Waals surface area contributed by atoms with Crippen molar-refractivity contribution in [2.45, 2.75) is 39.2 Å². The Hall–Kier alpha value is -2.12. The molecule has 0 radical (unpaired) electrons. The van der Waals surface area contributed by atoms with E-state index in [2.05, 4.69) is 10.2 Å². The third-order valence-corrected chi connectivity index (χ3v) is 5.23. The molecule has 7 heteroatoms. The average molecular weight is 389 g/mol. The fraction of sp³-hybridized carbons (Fsp3) is 0.619. The van der Waals surface area contributed by atoms with Crippen LogP contribution in [0.25, 0.3) is 0 Å². The Morgan fingerprint density at radius 3 is 2.71 bits per heavy atom. The van der Waals surface area contributed by atoms with E-state index in [4.69, 9.17) is 9.47 Å². The van der Waals surface area contributed by atoms with Crippen LogP contribution >= 0.6 is 0 Å². The Morgan fingerprint density at radius 2 is 2.00 bits per heavy atom. The molecule has 1 unspecified atom stereocenters. The molecule has 7 nitrogen and oxygen atoms in total. The average Bonchev–Trinajstić information content (AvgIpc) is 3.06. The van der Waals surface area contributed by atoms with Crippen LogP contribution in [0.1, 0.15) is 43.5 Å². The zero-order valence-electron chi connectivity index (χ0n) is 16.9. The van der Waals surface area contributed by atoms with Crippen LogP contribution in [0.3, 0.4) is 0 Å². The number of ketones is 1. The minimum atomic E-state index is -0.182. The molecule has 1 N–H and O–H groups in total. The van der Waals surface area contributed by atoms with Gasteiger partial charge in [-0.3, -0.25) is 4.79 Å². The van der Waals surface area contributed by atoms with Gasteiger partial charge in [-0.1, -0.05) is 0 Å². The summed E-state index contributed by atoms with van der Waals surface area (Å²) in [6.45, 7) is 8.87. The molecule has 0 aromatic heterocycles. The minimum Gasteiger partial charge on any atom is -0.492 e. The van der Waals surface area contributed by atoms with Gasteiger partial charge in [-0.15, -0.1) is 0 Å².